The van der Waals surface area contributed by atoms with Crippen LogP contribution < -0.4 is 10.1 Å². The number of morpholine rings is 1. The molecule has 0 unspecified atom stereocenters. The molecule has 1 aliphatic heterocycles. The smallest absolute Gasteiger partial charge is 0.261 e. The minimum Gasteiger partial charge on any atom is -0.484 e. The summed E-state index contributed by atoms with van der Waals surface area (Å²) in [6.45, 7) is 0.766. The molecule has 0 saturated carbocycles. The van der Waals surface area contributed by atoms with Crippen LogP contribution in [-0.4, -0.2) is 62.3 Å². The number of sulfonamides is 1. The number of nitrogens with one attached hydrogen (secondary N) is 1. The number of nitrogens with zero attached hydrogens (tertiary/aromatic N) is 2. The van der Waals surface area contributed by atoms with Crippen LogP contribution in [-0.2, 0) is 37.4 Å². The van der Waals surface area contributed by atoms with Gasteiger partial charge in [0, 0.05) is 36.2 Å². The van der Waals surface area contributed by atoms with Crippen molar-refractivity contribution in [3.63, 3.8) is 0 Å². The largest absolute Gasteiger partial charge is 0.484 e. The van der Waals surface area contributed by atoms with Gasteiger partial charge in [-0.25, -0.2) is 12.8 Å². The van der Waals surface area contributed by atoms with Crippen molar-refractivity contribution in [1.82, 2.24) is 14.5 Å². The fourth-order valence-electron chi connectivity index (χ4n) is 5.03. The first-order valence-corrected chi connectivity index (χ1v) is 16.9. The Labute approximate surface area is 282 Å². The zero-order chi connectivity index (χ0) is 33.4. The maximum absolute atomic E-state index is 13.9. The predicted octanol–water partition coefficient (Wildman–Crippen LogP) is 5.62. The fraction of sp³-hybridized carbons (Fsp3) is 0.235. The molecule has 4 aromatic rings. The Kier molecular flexibility index (Phi) is 11.5. The molecule has 9 nitrogen and oxygen atoms in total. The van der Waals surface area contributed by atoms with Crippen LogP contribution in [0.2, 0.25) is 10.0 Å². The molecule has 5 rings (SSSR count). The van der Waals surface area contributed by atoms with Crippen LogP contribution in [0.5, 0.6) is 5.75 Å². The Balaban J connectivity index is 1.37. The van der Waals surface area contributed by atoms with Gasteiger partial charge in [-0.15, -0.1) is 0 Å². The van der Waals surface area contributed by atoms with Gasteiger partial charge in [-0.05, 0) is 65.2 Å². The second-order valence-corrected chi connectivity index (χ2v) is 13.5. The number of ether oxygens (including phenoxy) is 2. The van der Waals surface area contributed by atoms with Gasteiger partial charge in [-0.2, -0.15) is 4.31 Å². The molecule has 1 aliphatic rings. The Bertz CT molecular complexity index is 1790. The summed E-state index contributed by atoms with van der Waals surface area (Å²) >= 11 is 12.4. The van der Waals surface area contributed by atoms with E-state index in [2.05, 4.69) is 5.32 Å². The standard InChI is InChI=1S/C34H32Cl2FN3O6S/c35-27-9-8-26(31(36)20-27)21-38-34(42)33(25-4-2-1-3-5-25)40(22-24-6-10-28(37)11-7-24)32(41)23-46-29-12-14-30(15-13-29)47(43,44)39-16-18-45-19-17-39/h1-15,20,33H,16-19,21-23H2,(H,38,42)/t33-/m0/s1. The predicted molar refractivity (Wildman–Crippen MR) is 176 cm³/mol. The first-order valence-electron chi connectivity index (χ1n) is 14.7. The third kappa shape index (κ3) is 8.88. The average molecular weight is 701 g/mol. The van der Waals surface area contributed by atoms with Crippen LogP contribution >= 0.6 is 23.2 Å². The molecule has 1 fully saturated rings. The Morgan fingerprint density at radius 1 is 0.936 bits per heavy atom. The van der Waals surface area contributed by atoms with E-state index in [1.54, 1.807) is 48.5 Å². The maximum atomic E-state index is 13.9. The highest BCUT2D eigenvalue weighted by Gasteiger charge is 2.32. The van der Waals surface area contributed by atoms with Crippen molar-refractivity contribution >= 4 is 45.0 Å². The van der Waals surface area contributed by atoms with Crippen molar-refractivity contribution in [3.05, 3.63) is 130 Å². The van der Waals surface area contributed by atoms with E-state index in [1.807, 2.05) is 0 Å². The molecule has 0 radical (unpaired) electrons. The highest BCUT2D eigenvalue weighted by molar-refractivity contribution is 7.89. The summed E-state index contributed by atoms with van der Waals surface area (Å²) < 4.78 is 52.1. The number of benzene rings is 4. The minimum atomic E-state index is -3.71. The Hall–Kier alpha value is -4.00. The van der Waals surface area contributed by atoms with Gasteiger partial charge in [-0.1, -0.05) is 71.7 Å². The lowest BCUT2D eigenvalue weighted by molar-refractivity contribution is -0.143. The Morgan fingerprint density at radius 2 is 1.62 bits per heavy atom. The minimum absolute atomic E-state index is 0.0338. The van der Waals surface area contributed by atoms with Crippen LogP contribution in [0.25, 0.3) is 0 Å². The molecule has 0 aliphatic carbocycles. The Morgan fingerprint density at radius 3 is 2.28 bits per heavy atom. The number of carbonyl (C=O) groups excluding carboxylic acids is 2. The zero-order valence-electron chi connectivity index (χ0n) is 25.2. The van der Waals surface area contributed by atoms with Crippen molar-refractivity contribution in [1.29, 1.82) is 0 Å². The van der Waals surface area contributed by atoms with Crippen LogP contribution in [0.4, 0.5) is 4.39 Å². The van der Waals surface area contributed by atoms with E-state index >= 15 is 0 Å². The van der Waals surface area contributed by atoms with E-state index in [4.69, 9.17) is 32.7 Å². The summed E-state index contributed by atoms with van der Waals surface area (Å²) in [6.07, 6.45) is 0. The topological polar surface area (TPSA) is 105 Å². The van der Waals surface area contributed by atoms with Gasteiger partial charge in [0.05, 0.1) is 18.1 Å². The lowest BCUT2D eigenvalue weighted by Gasteiger charge is -2.31. The fourth-order valence-corrected chi connectivity index (χ4v) is 6.92. The molecule has 0 spiro atoms. The number of hydrogen-bond acceptors (Lipinski definition) is 6. The lowest BCUT2D eigenvalue weighted by Crippen LogP contribution is -2.45. The molecule has 47 heavy (non-hydrogen) atoms. The van der Waals surface area contributed by atoms with Crippen molar-refractivity contribution < 1.29 is 31.9 Å². The van der Waals surface area contributed by atoms with E-state index in [0.717, 1.165) is 0 Å². The van der Waals surface area contributed by atoms with E-state index in [0.29, 0.717) is 39.9 Å². The average Bonchev–Trinajstić information content (AvgIpc) is 3.08. The van der Waals surface area contributed by atoms with E-state index < -0.39 is 40.3 Å². The molecule has 1 heterocycles. The van der Waals surface area contributed by atoms with Gasteiger partial charge in [0.25, 0.3) is 5.91 Å². The van der Waals surface area contributed by atoms with Crippen LogP contribution in [0.3, 0.4) is 0 Å². The monoisotopic (exact) mass is 699 g/mol. The summed E-state index contributed by atoms with van der Waals surface area (Å²) in [6, 6.07) is 24.1. The summed E-state index contributed by atoms with van der Waals surface area (Å²) in [7, 11) is -3.71. The normalized spacial score (nSPS) is 14.3. The van der Waals surface area contributed by atoms with Gasteiger partial charge in [0.15, 0.2) is 6.61 Å². The summed E-state index contributed by atoms with van der Waals surface area (Å²) in [5, 5.41) is 3.71. The van der Waals surface area contributed by atoms with Crippen molar-refractivity contribution in [2.24, 2.45) is 0 Å². The first-order chi connectivity index (χ1) is 22.6. The number of rotatable bonds is 12. The molecule has 0 aromatic heterocycles. The van der Waals surface area contributed by atoms with Gasteiger partial charge in [0.2, 0.25) is 15.9 Å². The van der Waals surface area contributed by atoms with E-state index in [9.17, 15) is 22.4 Å². The number of hydrogen-bond donors (Lipinski definition) is 1. The molecular formula is C34H32Cl2FN3O6S. The molecule has 1 saturated heterocycles. The van der Waals surface area contributed by atoms with Crippen molar-refractivity contribution in [2.75, 3.05) is 32.9 Å². The van der Waals surface area contributed by atoms with Gasteiger partial charge in [0.1, 0.15) is 17.6 Å². The van der Waals surface area contributed by atoms with E-state index in [-0.39, 0.29) is 36.8 Å². The number of halogens is 3. The highest BCUT2D eigenvalue weighted by Crippen LogP contribution is 2.27. The van der Waals surface area contributed by atoms with Crippen LogP contribution in [0, 0.1) is 5.82 Å². The van der Waals surface area contributed by atoms with Gasteiger partial charge >= 0.3 is 0 Å². The molecule has 246 valence electrons. The SMILES string of the molecule is O=C(NCc1ccc(Cl)cc1Cl)[C@H](c1ccccc1)N(Cc1ccc(F)cc1)C(=O)COc1ccc(S(=O)(=O)N2CCOCC2)cc1. The third-order valence-corrected chi connectivity index (χ3v) is 10.0. The van der Waals surface area contributed by atoms with Gasteiger partial charge < -0.3 is 19.7 Å². The van der Waals surface area contributed by atoms with Crippen LogP contribution in [0.1, 0.15) is 22.7 Å². The summed E-state index contributed by atoms with van der Waals surface area (Å²) in [5.74, 6) is -1.19. The number of amides is 2. The van der Waals surface area contributed by atoms with E-state index in [1.165, 1.54) is 57.7 Å². The van der Waals surface area contributed by atoms with Crippen molar-refractivity contribution in [3.8, 4) is 5.75 Å². The zero-order valence-corrected chi connectivity index (χ0v) is 27.5. The molecule has 2 amide bonds. The third-order valence-electron chi connectivity index (χ3n) is 7.52. The molecule has 1 atom stereocenters. The lowest BCUT2D eigenvalue weighted by atomic mass is 10.0. The molecule has 13 heteroatoms. The summed E-state index contributed by atoms with van der Waals surface area (Å²) in [5.41, 5.74) is 1.77. The molecule has 0 bridgehead atoms. The number of carbonyl (C=O) groups is 2. The van der Waals surface area contributed by atoms with Gasteiger partial charge in [-0.3, -0.25) is 9.59 Å². The van der Waals surface area contributed by atoms with Crippen molar-refractivity contribution in [2.45, 2.75) is 24.0 Å². The molecule has 4 aromatic carbocycles. The second-order valence-electron chi connectivity index (χ2n) is 10.7. The summed E-state index contributed by atoms with van der Waals surface area (Å²) in [4.78, 5) is 29.2. The first kappa shape index (κ1) is 34.3. The molecular weight excluding hydrogens is 668 g/mol. The second kappa shape index (κ2) is 15.7. The highest BCUT2D eigenvalue weighted by atomic mass is 35.5. The quantitative estimate of drug-likeness (QED) is 0.206. The molecule has 1 N–H and O–H groups in total. The van der Waals surface area contributed by atoms with Crippen LogP contribution in [0.15, 0.2) is 102 Å². The maximum Gasteiger partial charge on any atom is 0.261 e.